The number of hydrogen-bond donors (Lipinski definition) is 1. The van der Waals surface area contributed by atoms with Crippen molar-refractivity contribution in [3.63, 3.8) is 0 Å². The van der Waals surface area contributed by atoms with Crippen LogP contribution in [0.3, 0.4) is 0 Å². The zero-order chi connectivity index (χ0) is 22.4. The third-order valence-electron chi connectivity index (χ3n) is 5.20. The van der Waals surface area contributed by atoms with Gasteiger partial charge in [-0.15, -0.1) is 0 Å². The van der Waals surface area contributed by atoms with E-state index < -0.39 is 20.2 Å². The van der Waals surface area contributed by atoms with E-state index >= 15 is 0 Å². The Balaban J connectivity index is 2.45. The van der Waals surface area contributed by atoms with Crippen LogP contribution in [0.25, 0.3) is 0 Å². The van der Waals surface area contributed by atoms with Gasteiger partial charge in [0, 0.05) is 24.2 Å². The van der Waals surface area contributed by atoms with E-state index in [1.165, 1.54) is 18.2 Å². The molecule has 1 unspecified atom stereocenters. The molecule has 0 aliphatic heterocycles. The van der Waals surface area contributed by atoms with Gasteiger partial charge in [-0.05, 0) is 42.2 Å². The Hall–Kier alpha value is -2.45. The number of nitrogens with zero attached hydrogens (tertiary/aromatic N) is 1. The summed E-state index contributed by atoms with van der Waals surface area (Å²) < 4.78 is 31.7. The summed E-state index contributed by atoms with van der Waals surface area (Å²) in [7, 11) is -2.22. The van der Waals surface area contributed by atoms with Crippen molar-refractivity contribution in [2.24, 2.45) is 5.41 Å². The van der Waals surface area contributed by atoms with Crippen LogP contribution in [-0.2, 0) is 16.3 Å². The predicted octanol–water partition coefficient (Wildman–Crippen LogP) is 4.16. The van der Waals surface area contributed by atoms with Crippen LogP contribution < -0.4 is 4.74 Å². The second-order valence-corrected chi connectivity index (χ2v) is 9.86. The normalized spacial score (nSPS) is 13.6. The molecule has 2 aromatic rings. The van der Waals surface area contributed by atoms with Crippen molar-refractivity contribution >= 4 is 15.5 Å². The van der Waals surface area contributed by atoms with Crippen molar-refractivity contribution in [1.29, 1.82) is 0 Å². The molecule has 0 aromatic heterocycles. The Labute approximate surface area is 177 Å². The standard InChI is InChI=1S/C22H29NO6S/c1-4-5-12-22(2,15-24)16-30(27,28)21-11-8-19(23(25)26)14-18(21)13-17-6-9-20(29-3)10-7-17/h6-11,14,24H,4-5,12-13,15-16H2,1-3H3. The van der Waals surface area contributed by atoms with Crippen LogP contribution in [0.1, 0.15) is 44.2 Å². The average molecular weight is 436 g/mol. The van der Waals surface area contributed by atoms with Crippen molar-refractivity contribution in [1.82, 2.24) is 0 Å². The van der Waals surface area contributed by atoms with Gasteiger partial charge in [0.15, 0.2) is 9.84 Å². The number of rotatable bonds is 11. The summed E-state index contributed by atoms with van der Waals surface area (Å²) >= 11 is 0. The van der Waals surface area contributed by atoms with Crippen LogP contribution in [0.2, 0.25) is 0 Å². The molecule has 164 valence electrons. The number of methoxy groups -OCH3 is 1. The maximum atomic E-state index is 13.3. The molecule has 1 atom stereocenters. The lowest BCUT2D eigenvalue weighted by molar-refractivity contribution is -0.385. The Kier molecular flexibility index (Phi) is 7.97. The maximum Gasteiger partial charge on any atom is 0.269 e. The Morgan fingerprint density at radius 3 is 2.37 bits per heavy atom. The summed E-state index contributed by atoms with van der Waals surface area (Å²) in [6, 6.07) is 11.0. The van der Waals surface area contributed by atoms with Gasteiger partial charge in [0.2, 0.25) is 0 Å². The topological polar surface area (TPSA) is 107 Å². The molecule has 0 amide bonds. The monoisotopic (exact) mass is 435 g/mol. The Morgan fingerprint density at radius 2 is 1.83 bits per heavy atom. The summed E-state index contributed by atoms with van der Waals surface area (Å²) in [5.41, 5.74) is 0.246. The van der Waals surface area contributed by atoms with Gasteiger partial charge in [-0.2, -0.15) is 0 Å². The van der Waals surface area contributed by atoms with Gasteiger partial charge in [-0.1, -0.05) is 38.8 Å². The molecule has 0 spiro atoms. The summed E-state index contributed by atoms with van der Waals surface area (Å²) in [5.74, 6) is 0.449. The van der Waals surface area contributed by atoms with Gasteiger partial charge >= 0.3 is 0 Å². The molecule has 0 saturated carbocycles. The minimum Gasteiger partial charge on any atom is -0.497 e. The number of unbranched alkanes of at least 4 members (excludes halogenated alkanes) is 1. The van der Waals surface area contributed by atoms with Gasteiger partial charge < -0.3 is 9.84 Å². The highest BCUT2D eigenvalue weighted by molar-refractivity contribution is 7.91. The molecule has 0 saturated heterocycles. The third kappa shape index (κ3) is 6.03. The van der Waals surface area contributed by atoms with Gasteiger partial charge in [0.1, 0.15) is 5.75 Å². The van der Waals surface area contributed by atoms with Crippen molar-refractivity contribution in [3.8, 4) is 5.75 Å². The first-order chi connectivity index (χ1) is 14.1. The predicted molar refractivity (Wildman–Crippen MR) is 116 cm³/mol. The minimum atomic E-state index is -3.77. The van der Waals surface area contributed by atoms with Crippen LogP contribution in [0.4, 0.5) is 5.69 Å². The van der Waals surface area contributed by atoms with Crippen LogP contribution in [0.5, 0.6) is 5.75 Å². The van der Waals surface area contributed by atoms with Gasteiger partial charge in [-0.25, -0.2) is 8.42 Å². The number of ether oxygens (including phenoxy) is 1. The van der Waals surface area contributed by atoms with E-state index in [9.17, 15) is 23.6 Å². The fourth-order valence-corrected chi connectivity index (χ4v) is 5.54. The van der Waals surface area contributed by atoms with Crippen molar-refractivity contribution in [3.05, 3.63) is 63.7 Å². The first kappa shape index (κ1) is 23.8. The quantitative estimate of drug-likeness (QED) is 0.420. The van der Waals surface area contributed by atoms with E-state index in [4.69, 9.17) is 4.74 Å². The Bertz CT molecular complexity index is 972. The molecule has 0 heterocycles. The highest BCUT2D eigenvalue weighted by Gasteiger charge is 2.32. The number of sulfone groups is 1. The summed E-state index contributed by atoms with van der Waals surface area (Å²) in [4.78, 5) is 10.8. The largest absolute Gasteiger partial charge is 0.497 e. The fraction of sp³-hybridized carbons (Fsp3) is 0.455. The molecule has 8 heteroatoms. The highest BCUT2D eigenvalue weighted by Crippen LogP contribution is 2.32. The number of nitro benzene ring substituents is 1. The van der Waals surface area contributed by atoms with E-state index in [1.54, 1.807) is 38.3 Å². The van der Waals surface area contributed by atoms with E-state index in [1.807, 2.05) is 6.92 Å². The van der Waals surface area contributed by atoms with Crippen molar-refractivity contribution < 1.29 is 23.2 Å². The van der Waals surface area contributed by atoms with Crippen LogP contribution in [0, 0.1) is 15.5 Å². The molecule has 0 aliphatic carbocycles. The molecule has 0 fully saturated rings. The maximum absolute atomic E-state index is 13.3. The van der Waals surface area contributed by atoms with Crippen molar-refractivity contribution in [2.45, 2.75) is 44.4 Å². The summed E-state index contributed by atoms with van der Waals surface area (Å²) in [6.45, 7) is 3.53. The summed E-state index contributed by atoms with van der Waals surface area (Å²) in [5, 5.41) is 21.1. The SMILES string of the molecule is CCCCC(C)(CO)CS(=O)(=O)c1ccc([N+](=O)[O-])cc1Cc1ccc(OC)cc1. The van der Waals surface area contributed by atoms with E-state index in [2.05, 4.69) is 0 Å². The number of aliphatic hydroxyl groups excluding tert-OH is 1. The number of aliphatic hydroxyl groups is 1. The number of non-ortho nitro benzene ring substituents is 1. The molecule has 1 N–H and O–H groups in total. The Morgan fingerprint density at radius 1 is 1.17 bits per heavy atom. The molecule has 2 rings (SSSR count). The average Bonchev–Trinajstić information content (AvgIpc) is 2.72. The molecular weight excluding hydrogens is 406 g/mol. The van der Waals surface area contributed by atoms with Crippen LogP contribution >= 0.6 is 0 Å². The first-order valence-corrected chi connectivity index (χ1v) is 11.5. The van der Waals surface area contributed by atoms with Crippen LogP contribution in [-0.4, -0.2) is 37.9 Å². The zero-order valence-electron chi connectivity index (χ0n) is 17.6. The molecular formula is C22H29NO6S. The van der Waals surface area contributed by atoms with Gasteiger partial charge in [-0.3, -0.25) is 10.1 Å². The lowest BCUT2D eigenvalue weighted by atomic mass is 9.88. The minimum absolute atomic E-state index is 0.0695. The van der Waals surface area contributed by atoms with Gasteiger partial charge in [0.25, 0.3) is 5.69 Å². The molecule has 30 heavy (non-hydrogen) atoms. The fourth-order valence-electron chi connectivity index (χ4n) is 3.42. The van der Waals surface area contributed by atoms with Gasteiger partial charge in [0.05, 0.1) is 22.7 Å². The van der Waals surface area contributed by atoms with Crippen molar-refractivity contribution in [2.75, 3.05) is 19.5 Å². The summed E-state index contributed by atoms with van der Waals surface area (Å²) in [6.07, 6.45) is 2.52. The molecule has 0 aliphatic rings. The number of hydrogen-bond acceptors (Lipinski definition) is 6. The highest BCUT2D eigenvalue weighted by atomic mass is 32.2. The smallest absolute Gasteiger partial charge is 0.269 e. The molecule has 0 radical (unpaired) electrons. The second-order valence-electron chi connectivity index (χ2n) is 7.91. The number of nitro groups is 1. The van der Waals surface area contributed by atoms with Crippen LogP contribution in [0.15, 0.2) is 47.4 Å². The molecule has 2 aromatic carbocycles. The third-order valence-corrected chi connectivity index (χ3v) is 7.34. The molecule has 7 nitrogen and oxygen atoms in total. The lowest BCUT2D eigenvalue weighted by Crippen LogP contribution is -2.31. The van der Waals surface area contributed by atoms with E-state index in [-0.39, 0.29) is 29.4 Å². The number of benzene rings is 2. The molecule has 0 bridgehead atoms. The first-order valence-electron chi connectivity index (χ1n) is 9.88. The lowest BCUT2D eigenvalue weighted by Gasteiger charge is -2.27. The second kappa shape index (κ2) is 10.0. The van der Waals surface area contributed by atoms with E-state index in [0.29, 0.717) is 17.7 Å². The zero-order valence-corrected chi connectivity index (χ0v) is 18.4. The van der Waals surface area contributed by atoms with E-state index in [0.717, 1.165) is 18.4 Å².